The van der Waals surface area contributed by atoms with Crippen molar-refractivity contribution in [2.45, 2.75) is 19.0 Å². The number of rotatable bonds is 5. The SMILES string of the molecule is Oc1cccc(Cl)c1-n1nc(C(F)(F)F)cc1COc1ccc(-c2cccc(C(F)(F)F)c2)cc1. The molecule has 0 spiro atoms. The van der Waals surface area contributed by atoms with Crippen LogP contribution < -0.4 is 4.74 Å². The number of alkyl halides is 6. The van der Waals surface area contributed by atoms with Gasteiger partial charge in [-0.2, -0.15) is 31.4 Å². The van der Waals surface area contributed by atoms with Gasteiger partial charge in [0.05, 0.1) is 16.3 Å². The molecule has 0 bridgehead atoms. The Morgan fingerprint density at radius 3 is 2.14 bits per heavy atom. The van der Waals surface area contributed by atoms with Gasteiger partial charge in [-0.3, -0.25) is 0 Å². The standard InChI is InChI=1S/C24H15ClF6N2O2/c25-19-5-2-6-20(34)22(19)33-17(12-21(32-33)24(29,30)31)13-35-18-9-7-14(8-10-18)15-3-1-4-16(11-15)23(26,27)28/h1-12,34H,13H2. The zero-order chi connectivity index (χ0) is 25.4. The highest BCUT2D eigenvalue weighted by molar-refractivity contribution is 6.32. The van der Waals surface area contributed by atoms with Crippen molar-refractivity contribution in [3.8, 4) is 28.3 Å². The van der Waals surface area contributed by atoms with E-state index in [-0.39, 0.29) is 34.5 Å². The van der Waals surface area contributed by atoms with E-state index < -0.39 is 23.6 Å². The summed E-state index contributed by atoms with van der Waals surface area (Å²) >= 11 is 6.08. The third kappa shape index (κ3) is 5.37. The number of nitrogens with zero attached hydrogens (tertiary/aromatic N) is 2. The Bertz CT molecular complexity index is 1330. The van der Waals surface area contributed by atoms with Crippen molar-refractivity contribution in [2.24, 2.45) is 0 Å². The molecule has 1 aromatic heterocycles. The largest absolute Gasteiger partial charge is 0.506 e. The van der Waals surface area contributed by atoms with Crippen LogP contribution in [0.5, 0.6) is 11.5 Å². The highest BCUT2D eigenvalue weighted by Gasteiger charge is 2.35. The van der Waals surface area contributed by atoms with Gasteiger partial charge in [-0.15, -0.1) is 0 Å². The number of para-hydroxylation sites is 1. The van der Waals surface area contributed by atoms with E-state index in [4.69, 9.17) is 16.3 Å². The van der Waals surface area contributed by atoms with E-state index in [9.17, 15) is 31.4 Å². The summed E-state index contributed by atoms with van der Waals surface area (Å²) in [6.07, 6.45) is -9.23. The molecule has 0 saturated carbocycles. The van der Waals surface area contributed by atoms with Crippen LogP contribution in [-0.4, -0.2) is 14.9 Å². The van der Waals surface area contributed by atoms with Gasteiger partial charge in [-0.05, 0) is 53.6 Å². The smallest absolute Gasteiger partial charge is 0.435 e. The Hall–Kier alpha value is -3.66. The van der Waals surface area contributed by atoms with Crippen LogP contribution in [-0.2, 0) is 19.0 Å². The molecule has 182 valence electrons. The van der Waals surface area contributed by atoms with Gasteiger partial charge >= 0.3 is 12.4 Å². The minimum Gasteiger partial charge on any atom is -0.506 e. The lowest BCUT2D eigenvalue weighted by atomic mass is 10.0. The number of aromatic hydroxyl groups is 1. The zero-order valence-corrected chi connectivity index (χ0v) is 18.3. The number of hydrogen-bond donors (Lipinski definition) is 1. The normalized spacial score (nSPS) is 12.1. The van der Waals surface area contributed by atoms with E-state index in [2.05, 4.69) is 5.10 Å². The third-order valence-electron chi connectivity index (χ3n) is 5.02. The lowest BCUT2D eigenvalue weighted by Crippen LogP contribution is -2.09. The lowest BCUT2D eigenvalue weighted by Gasteiger charge is -2.12. The summed E-state index contributed by atoms with van der Waals surface area (Å²) in [5, 5.41) is 13.7. The van der Waals surface area contributed by atoms with E-state index >= 15 is 0 Å². The Labute approximate surface area is 200 Å². The lowest BCUT2D eigenvalue weighted by molar-refractivity contribution is -0.141. The molecule has 1 N–H and O–H groups in total. The van der Waals surface area contributed by atoms with Crippen LogP contribution in [0.15, 0.2) is 72.8 Å². The van der Waals surface area contributed by atoms with Gasteiger partial charge in [-0.1, -0.05) is 41.9 Å². The van der Waals surface area contributed by atoms with Gasteiger partial charge in [-0.25, -0.2) is 4.68 Å². The number of benzene rings is 3. The quantitative estimate of drug-likeness (QED) is 0.281. The summed E-state index contributed by atoms with van der Waals surface area (Å²) in [5.74, 6) is -0.119. The molecule has 4 rings (SSSR count). The van der Waals surface area contributed by atoms with Crippen molar-refractivity contribution in [3.63, 3.8) is 0 Å². The fraction of sp³-hybridized carbons (Fsp3) is 0.125. The van der Waals surface area contributed by atoms with Crippen LogP contribution >= 0.6 is 11.6 Å². The van der Waals surface area contributed by atoms with Crippen molar-refractivity contribution in [2.75, 3.05) is 0 Å². The molecule has 35 heavy (non-hydrogen) atoms. The van der Waals surface area contributed by atoms with Crippen LogP contribution in [0.2, 0.25) is 5.02 Å². The average molecular weight is 513 g/mol. The maximum atomic E-state index is 13.3. The van der Waals surface area contributed by atoms with Crippen molar-refractivity contribution in [1.82, 2.24) is 9.78 Å². The van der Waals surface area contributed by atoms with Gasteiger partial charge in [0.25, 0.3) is 0 Å². The van der Waals surface area contributed by atoms with E-state index in [1.54, 1.807) is 0 Å². The van der Waals surface area contributed by atoms with Gasteiger partial charge in [0.2, 0.25) is 0 Å². The van der Waals surface area contributed by atoms with E-state index in [1.807, 2.05) is 0 Å². The average Bonchev–Trinajstić information content (AvgIpc) is 3.22. The van der Waals surface area contributed by atoms with Gasteiger partial charge < -0.3 is 9.84 Å². The first kappa shape index (κ1) is 24.5. The van der Waals surface area contributed by atoms with Crippen LogP contribution in [0, 0.1) is 0 Å². The number of phenols is 1. The van der Waals surface area contributed by atoms with Crippen molar-refractivity contribution >= 4 is 11.6 Å². The van der Waals surface area contributed by atoms with Crippen LogP contribution in [0.1, 0.15) is 17.0 Å². The minimum absolute atomic E-state index is 0.0199. The number of hydrogen-bond acceptors (Lipinski definition) is 3. The molecular formula is C24H15ClF6N2O2. The van der Waals surface area contributed by atoms with Crippen LogP contribution in [0.25, 0.3) is 16.8 Å². The second kappa shape index (κ2) is 9.18. The molecule has 4 nitrogen and oxygen atoms in total. The number of aromatic nitrogens is 2. The maximum Gasteiger partial charge on any atom is 0.435 e. The van der Waals surface area contributed by atoms with Crippen molar-refractivity contribution < 1.29 is 36.2 Å². The summed E-state index contributed by atoms with van der Waals surface area (Å²) in [5.41, 5.74) is -1.32. The van der Waals surface area contributed by atoms with Gasteiger partial charge in [0.1, 0.15) is 23.8 Å². The molecule has 0 aliphatic rings. The van der Waals surface area contributed by atoms with Crippen LogP contribution in [0.4, 0.5) is 26.3 Å². The Morgan fingerprint density at radius 1 is 0.829 bits per heavy atom. The fourth-order valence-electron chi connectivity index (χ4n) is 3.34. The molecule has 3 aromatic carbocycles. The molecule has 0 aliphatic carbocycles. The molecular weight excluding hydrogens is 498 g/mol. The summed E-state index contributed by atoms with van der Waals surface area (Å²) in [7, 11) is 0. The predicted molar refractivity (Wildman–Crippen MR) is 116 cm³/mol. The first-order valence-corrected chi connectivity index (χ1v) is 10.4. The molecule has 0 radical (unpaired) electrons. The molecule has 0 aliphatic heterocycles. The minimum atomic E-state index is -4.75. The molecule has 0 atom stereocenters. The van der Waals surface area contributed by atoms with Crippen LogP contribution in [0.3, 0.4) is 0 Å². The monoisotopic (exact) mass is 512 g/mol. The van der Waals surface area contributed by atoms with E-state index in [0.717, 1.165) is 22.9 Å². The second-order valence-corrected chi connectivity index (χ2v) is 7.84. The van der Waals surface area contributed by atoms with Crippen molar-refractivity contribution in [1.29, 1.82) is 0 Å². The Morgan fingerprint density at radius 2 is 1.51 bits per heavy atom. The maximum absolute atomic E-state index is 13.3. The summed E-state index contributed by atoms with van der Waals surface area (Å²) in [4.78, 5) is 0. The highest BCUT2D eigenvalue weighted by Crippen LogP contribution is 2.35. The van der Waals surface area contributed by atoms with E-state index in [1.165, 1.54) is 54.6 Å². The first-order chi connectivity index (χ1) is 16.4. The fourth-order valence-corrected chi connectivity index (χ4v) is 3.59. The van der Waals surface area contributed by atoms with Gasteiger partial charge in [0.15, 0.2) is 5.69 Å². The van der Waals surface area contributed by atoms with Crippen molar-refractivity contribution in [3.05, 3.63) is 94.8 Å². The summed E-state index contributed by atoms with van der Waals surface area (Å²) in [6.45, 7) is -0.364. The highest BCUT2D eigenvalue weighted by atomic mass is 35.5. The third-order valence-corrected chi connectivity index (χ3v) is 5.32. The van der Waals surface area contributed by atoms with Gasteiger partial charge in [0, 0.05) is 0 Å². The number of ether oxygens (including phenoxy) is 1. The molecule has 0 amide bonds. The number of phenolic OH excluding ortho intramolecular Hbond substituents is 1. The molecule has 0 unspecified atom stereocenters. The Kier molecular flexibility index (Phi) is 6.42. The second-order valence-electron chi connectivity index (χ2n) is 7.43. The van der Waals surface area contributed by atoms with E-state index in [0.29, 0.717) is 11.1 Å². The summed E-state index contributed by atoms with van der Waals surface area (Å²) < 4.78 is 85.2. The zero-order valence-electron chi connectivity index (χ0n) is 17.5. The topological polar surface area (TPSA) is 47.3 Å². The number of halogens is 7. The molecule has 11 heteroatoms. The summed E-state index contributed by atoms with van der Waals surface area (Å²) in [6, 6.07) is 15.7. The predicted octanol–water partition coefficient (Wildman–Crippen LogP) is 7.51. The molecule has 1 heterocycles. The first-order valence-electron chi connectivity index (χ1n) is 9.98. The molecule has 4 aromatic rings. The Balaban J connectivity index is 1.59. The molecule has 0 fully saturated rings. The molecule has 0 saturated heterocycles.